The standard InChI is InChI=1S/C15H20BrClN2/c1-10-8-18-15(2,11-3-4-11)9-19(10)14-7-12(16)5-6-13(14)17/h5-7,10-11,18H,3-4,8-9H2,1-2H3. The smallest absolute Gasteiger partial charge is 0.0640 e. The molecule has 0 bridgehead atoms. The van der Waals surface area contributed by atoms with Crippen LogP contribution in [0, 0.1) is 5.92 Å². The summed E-state index contributed by atoms with van der Waals surface area (Å²) in [5.41, 5.74) is 1.38. The second-order valence-electron chi connectivity index (χ2n) is 6.15. The van der Waals surface area contributed by atoms with E-state index in [0.717, 1.165) is 34.2 Å². The Balaban J connectivity index is 1.90. The van der Waals surface area contributed by atoms with Gasteiger partial charge in [-0.1, -0.05) is 27.5 Å². The fourth-order valence-corrected chi connectivity index (χ4v) is 3.65. The van der Waals surface area contributed by atoms with Crippen molar-refractivity contribution >= 4 is 33.2 Å². The van der Waals surface area contributed by atoms with Gasteiger partial charge in [-0.15, -0.1) is 0 Å². The third-order valence-corrected chi connectivity index (χ3v) is 5.34. The molecule has 1 saturated heterocycles. The van der Waals surface area contributed by atoms with Crippen LogP contribution in [-0.4, -0.2) is 24.7 Å². The minimum absolute atomic E-state index is 0.234. The van der Waals surface area contributed by atoms with E-state index in [0.29, 0.717) is 6.04 Å². The van der Waals surface area contributed by atoms with E-state index in [1.165, 1.54) is 12.8 Å². The number of nitrogens with one attached hydrogen (secondary N) is 1. The predicted molar refractivity (Wildman–Crippen MR) is 85.1 cm³/mol. The van der Waals surface area contributed by atoms with Gasteiger partial charge >= 0.3 is 0 Å². The Morgan fingerprint density at radius 1 is 1.42 bits per heavy atom. The Labute approximate surface area is 128 Å². The van der Waals surface area contributed by atoms with E-state index in [-0.39, 0.29) is 5.54 Å². The first kappa shape index (κ1) is 13.7. The van der Waals surface area contributed by atoms with Crippen molar-refractivity contribution < 1.29 is 0 Å². The molecule has 1 aliphatic heterocycles. The molecule has 4 heteroatoms. The van der Waals surface area contributed by atoms with Crippen molar-refractivity contribution in [1.29, 1.82) is 0 Å². The van der Waals surface area contributed by atoms with Crippen molar-refractivity contribution in [1.82, 2.24) is 5.32 Å². The number of piperazine rings is 1. The van der Waals surface area contributed by atoms with E-state index < -0.39 is 0 Å². The molecule has 0 spiro atoms. The van der Waals surface area contributed by atoms with Gasteiger partial charge < -0.3 is 10.2 Å². The van der Waals surface area contributed by atoms with Crippen LogP contribution in [0.1, 0.15) is 26.7 Å². The van der Waals surface area contributed by atoms with Crippen molar-refractivity contribution in [2.75, 3.05) is 18.0 Å². The zero-order valence-corrected chi connectivity index (χ0v) is 13.8. The number of hydrogen-bond acceptors (Lipinski definition) is 2. The van der Waals surface area contributed by atoms with E-state index in [1.54, 1.807) is 0 Å². The highest BCUT2D eigenvalue weighted by Gasteiger charge is 2.45. The summed E-state index contributed by atoms with van der Waals surface area (Å²) in [5.74, 6) is 0.827. The monoisotopic (exact) mass is 342 g/mol. The maximum absolute atomic E-state index is 6.40. The lowest BCUT2D eigenvalue weighted by Crippen LogP contribution is -2.63. The van der Waals surface area contributed by atoms with Crippen LogP contribution in [0.25, 0.3) is 0 Å². The minimum Gasteiger partial charge on any atom is -0.364 e. The van der Waals surface area contributed by atoms with Gasteiger partial charge in [-0.3, -0.25) is 0 Å². The Bertz CT molecular complexity index is 489. The van der Waals surface area contributed by atoms with Crippen molar-refractivity contribution in [3.8, 4) is 0 Å². The maximum Gasteiger partial charge on any atom is 0.0640 e. The summed E-state index contributed by atoms with van der Waals surface area (Å²) in [5, 5.41) is 4.59. The predicted octanol–water partition coefficient (Wildman–Crippen LogP) is 4.07. The van der Waals surface area contributed by atoms with Crippen LogP contribution < -0.4 is 10.2 Å². The average Bonchev–Trinajstić information content (AvgIpc) is 3.20. The molecule has 104 valence electrons. The second kappa shape index (κ2) is 4.94. The summed E-state index contributed by atoms with van der Waals surface area (Å²) >= 11 is 9.95. The quantitative estimate of drug-likeness (QED) is 0.871. The first-order valence-corrected chi connectivity index (χ1v) is 8.13. The molecule has 2 nitrogen and oxygen atoms in total. The molecule has 1 heterocycles. The van der Waals surface area contributed by atoms with Crippen molar-refractivity contribution in [2.24, 2.45) is 5.92 Å². The van der Waals surface area contributed by atoms with E-state index in [1.807, 2.05) is 12.1 Å². The molecular weight excluding hydrogens is 324 g/mol. The summed E-state index contributed by atoms with van der Waals surface area (Å²) in [6.07, 6.45) is 2.72. The number of hydrogen-bond donors (Lipinski definition) is 1. The first-order valence-electron chi connectivity index (χ1n) is 6.96. The molecule has 1 aromatic carbocycles. The van der Waals surface area contributed by atoms with Crippen LogP contribution in [0.4, 0.5) is 5.69 Å². The Hall–Kier alpha value is -0.250. The first-order chi connectivity index (χ1) is 8.99. The second-order valence-corrected chi connectivity index (χ2v) is 7.47. The molecule has 1 aliphatic carbocycles. The third-order valence-electron chi connectivity index (χ3n) is 4.53. The minimum atomic E-state index is 0.234. The highest BCUT2D eigenvalue weighted by atomic mass is 79.9. The molecule has 3 rings (SSSR count). The van der Waals surface area contributed by atoms with Gasteiger partial charge in [0.1, 0.15) is 0 Å². The highest BCUT2D eigenvalue weighted by Crippen LogP contribution is 2.43. The molecule has 2 fully saturated rings. The van der Waals surface area contributed by atoms with E-state index >= 15 is 0 Å². The van der Waals surface area contributed by atoms with E-state index in [9.17, 15) is 0 Å². The maximum atomic E-state index is 6.40. The van der Waals surface area contributed by atoms with Crippen molar-refractivity contribution in [2.45, 2.75) is 38.3 Å². The number of rotatable bonds is 2. The summed E-state index contributed by atoms with van der Waals surface area (Å²) < 4.78 is 1.09. The van der Waals surface area contributed by atoms with Crippen LogP contribution >= 0.6 is 27.5 Å². The summed E-state index contributed by atoms with van der Waals surface area (Å²) in [6.45, 7) is 6.68. The SMILES string of the molecule is CC1CNC(C)(C2CC2)CN1c1cc(Br)ccc1Cl. The van der Waals surface area contributed by atoms with E-state index in [2.05, 4.69) is 46.1 Å². The van der Waals surface area contributed by atoms with Crippen LogP contribution in [0.15, 0.2) is 22.7 Å². The summed E-state index contributed by atoms with van der Waals surface area (Å²) in [6, 6.07) is 6.58. The van der Waals surface area contributed by atoms with E-state index in [4.69, 9.17) is 11.6 Å². The van der Waals surface area contributed by atoms with Gasteiger partial charge in [0.25, 0.3) is 0 Å². The molecule has 0 aromatic heterocycles. The molecule has 1 saturated carbocycles. The molecular formula is C15H20BrClN2. The van der Waals surface area contributed by atoms with Crippen LogP contribution in [-0.2, 0) is 0 Å². The number of benzene rings is 1. The lowest BCUT2D eigenvalue weighted by molar-refractivity contribution is 0.261. The topological polar surface area (TPSA) is 15.3 Å². The zero-order chi connectivity index (χ0) is 13.6. The fourth-order valence-electron chi connectivity index (χ4n) is 3.08. The molecule has 0 amide bonds. The van der Waals surface area contributed by atoms with Crippen LogP contribution in [0.3, 0.4) is 0 Å². The molecule has 1 N–H and O–H groups in total. The van der Waals surface area contributed by atoms with Gasteiger partial charge in [-0.25, -0.2) is 0 Å². The van der Waals surface area contributed by atoms with Crippen LogP contribution in [0.2, 0.25) is 5.02 Å². The highest BCUT2D eigenvalue weighted by molar-refractivity contribution is 9.10. The Morgan fingerprint density at radius 3 is 2.84 bits per heavy atom. The number of anilines is 1. The zero-order valence-electron chi connectivity index (χ0n) is 11.4. The molecule has 2 unspecified atom stereocenters. The van der Waals surface area contributed by atoms with Crippen LogP contribution in [0.5, 0.6) is 0 Å². The summed E-state index contributed by atoms with van der Waals surface area (Å²) in [7, 11) is 0. The third kappa shape index (κ3) is 2.65. The number of halogens is 2. The number of nitrogens with zero attached hydrogens (tertiary/aromatic N) is 1. The average molecular weight is 344 g/mol. The van der Waals surface area contributed by atoms with Gasteiger partial charge in [0.15, 0.2) is 0 Å². The van der Waals surface area contributed by atoms with Gasteiger partial charge in [0, 0.05) is 29.1 Å². The molecule has 2 atom stereocenters. The van der Waals surface area contributed by atoms with Crippen molar-refractivity contribution in [3.05, 3.63) is 27.7 Å². The lowest BCUT2D eigenvalue weighted by atomic mass is 9.91. The Kier molecular flexibility index (Phi) is 3.57. The molecule has 0 radical (unpaired) electrons. The van der Waals surface area contributed by atoms with Gasteiger partial charge in [-0.05, 0) is 50.8 Å². The molecule has 19 heavy (non-hydrogen) atoms. The lowest BCUT2D eigenvalue weighted by Gasteiger charge is -2.47. The Morgan fingerprint density at radius 2 is 2.16 bits per heavy atom. The fraction of sp³-hybridized carbons (Fsp3) is 0.600. The normalized spacial score (nSPS) is 31.6. The molecule has 1 aromatic rings. The van der Waals surface area contributed by atoms with Gasteiger partial charge in [0.05, 0.1) is 10.7 Å². The van der Waals surface area contributed by atoms with Gasteiger partial charge in [0.2, 0.25) is 0 Å². The van der Waals surface area contributed by atoms with Gasteiger partial charge in [-0.2, -0.15) is 0 Å². The largest absolute Gasteiger partial charge is 0.364 e. The van der Waals surface area contributed by atoms with Crippen molar-refractivity contribution in [3.63, 3.8) is 0 Å². The molecule has 2 aliphatic rings. The summed E-state index contributed by atoms with van der Waals surface area (Å²) in [4.78, 5) is 2.46.